The SMILES string of the molecule is CCOc1ccc(C=C(C#N)c2ccccc2F)cc1I. The molecule has 0 aliphatic rings. The van der Waals surface area contributed by atoms with Crippen molar-refractivity contribution in [1.29, 1.82) is 5.26 Å². The summed E-state index contributed by atoms with van der Waals surface area (Å²) < 4.78 is 20.2. The van der Waals surface area contributed by atoms with E-state index in [0.29, 0.717) is 17.7 Å². The number of rotatable bonds is 4. The molecule has 2 aromatic carbocycles. The molecule has 0 aliphatic heterocycles. The van der Waals surface area contributed by atoms with E-state index in [1.807, 2.05) is 25.1 Å². The second-order valence-corrected chi connectivity index (χ2v) is 5.43. The Morgan fingerprint density at radius 2 is 2.10 bits per heavy atom. The number of nitriles is 1. The lowest BCUT2D eigenvalue weighted by molar-refractivity contribution is 0.338. The zero-order chi connectivity index (χ0) is 15.2. The highest BCUT2D eigenvalue weighted by molar-refractivity contribution is 14.1. The summed E-state index contributed by atoms with van der Waals surface area (Å²) in [6.07, 6.45) is 1.68. The van der Waals surface area contributed by atoms with Gasteiger partial charge < -0.3 is 4.74 Å². The van der Waals surface area contributed by atoms with E-state index in [1.165, 1.54) is 6.07 Å². The van der Waals surface area contributed by atoms with E-state index in [4.69, 9.17) is 4.74 Å². The number of halogens is 2. The van der Waals surface area contributed by atoms with Crippen molar-refractivity contribution in [3.8, 4) is 11.8 Å². The van der Waals surface area contributed by atoms with Crippen LogP contribution >= 0.6 is 22.6 Å². The van der Waals surface area contributed by atoms with Gasteiger partial charge in [-0.1, -0.05) is 24.3 Å². The number of hydrogen-bond acceptors (Lipinski definition) is 2. The average molecular weight is 393 g/mol. The Hall–Kier alpha value is -1.87. The lowest BCUT2D eigenvalue weighted by Gasteiger charge is -2.07. The molecular formula is C17H13FINO. The standard InChI is InChI=1S/C17H13FINO/c1-2-21-17-8-7-12(10-16(17)19)9-13(11-20)14-5-3-4-6-15(14)18/h3-10H,2H2,1H3. The van der Waals surface area contributed by atoms with Crippen LogP contribution < -0.4 is 4.74 Å². The average Bonchev–Trinajstić information content (AvgIpc) is 2.48. The molecule has 0 fully saturated rings. The van der Waals surface area contributed by atoms with Crippen LogP contribution in [0.4, 0.5) is 4.39 Å². The van der Waals surface area contributed by atoms with Gasteiger partial charge in [0.2, 0.25) is 0 Å². The van der Waals surface area contributed by atoms with E-state index in [9.17, 15) is 9.65 Å². The fourth-order valence-corrected chi connectivity index (χ4v) is 2.59. The molecule has 21 heavy (non-hydrogen) atoms. The Kier molecular flexibility index (Phi) is 5.34. The van der Waals surface area contributed by atoms with Crippen LogP contribution in [0.5, 0.6) is 5.75 Å². The van der Waals surface area contributed by atoms with Gasteiger partial charge in [0.15, 0.2) is 0 Å². The largest absolute Gasteiger partial charge is 0.493 e. The molecule has 0 radical (unpaired) electrons. The van der Waals surface area contributed by atoms with Crippen LogP contribution in [0.3, 0.4) is 0 Å². The Labute approximate surface area is 137 Å². The van der Waals surface area contributed by atoms with Gasteiger partial charge in [-0.25, -0.2) is 4.39 Å². The summed E-state index contributed by atoms with van der Waals surface area (Å²) in [6, 6.07) is 13.9. The minimum absolute atomic E-state index is 0.299. The molecule has 0 unspecified atom stereocenters. The molecule has 0 bridgehead atoms. The lowest BCUT2D eigenvalue weighted by atomic mass is 10.0. The van der Waals surface area contributed by atoms with Crippen LogP contribution in [-0.4, -0.2) is 6.61 Å². The monoisotopic (exact) mass is 393 g/mol. The molecule has 0 heterocycles. The van der Waals surface area contributed by atoms with Crippen molar-refractivity contribution in [1.82, 2.24) is 0 Å². The minimum atomic E-state index is -0.397. The molecule has 2 rings (SSSR count). The maximum Gasteiger partial charge on any atom is 0.132 e. The molecule has 106 valence electrons. The topological polar surface area (TPSA) is 33.0 Å². The smallest absolute Gasteiger partial charge is 0.132 e. The molecule has 4 heteroatoms. The third kappa shape index (κ3) is 3.82. The van der Waals surface area contributed by atoms with Gasteiger partial charge in [-0.3, -0.25) is 0 Å². The molecule has 0 atom stereocenters. The number of benzene rings is 2. The lowest BCUT2D eigenvalue weighted by Crippen LogP contribution is -1.94. The maximum absolute atomic E-state index is 13.8. The van der Waals surface area contributed by atoms with Gasteiger partial charge in [0.25, 0.3) is 0 Å². The van der Waals surface area contributed by atoms with E-state index in [1.54, 1.807) is 24.3 Å². The predicted octanol–water partition coefficient (Wildman–Crippen LogP) is 4.89. The number of nitrogens with zero attached hydrogens (tertiary/aromatic N) is 1. The Morgan fingerprint density at radius 3 is 2.71 bits per heavy atom. The molecule has 0 saturated heterocycles. The molecular weight excluding hydrogens is 380 g/mol. The first-order valence-corrected chi connectivity index (χ1v) is 7.52. The van der Waals surface area contributed by atoms with Crippen LogP contribution in [0.15, 0.2) is 42.5 Å². The highest BCUT2D eigenvalue weighted by Crippen LogP contribution is 2.25. The Morgan fingerprint density at radius 1 is 1.33 bits per heavy atom. The second-order valence-electron chi connectivity index (χ2n) is 4.27. The molecule has 0 spiro atoms. The molecule has 0 aromatic heterocycles. The first-order chi connectivity index (χ1) is 10.2. The summed E-state index contributed by atoms with van der Waals surface area (Å²) in [6.45, 7) is 2.53. The summed E-state index contributed by atoms with van der Waals surface area (Å²) in [5, 5.41) is 9.26. The number of ether oxygens (including phenoxy) is 1. The van der Waals surface area contributed by atoms with Gasteiger partial charge >= 0.3 is 0 Å². The van der Waals surface area contributed by atoms with Gasteiger partial charge in [-0.05, 0) is 59.4 Å². The predicted molar refractivity (Wildman–Crippen MR) is 90.2 cm³/mol. The third-order valence-corrected chi connectivity index (χ3v) is 3.69. The first kappa shape index (κ1) is 15.5. The molecule has 0 aliphatic carbocycles. The Bertz CT molecular complexity index is 719. The van der Waals surface area contributed by atoms with Crippen LogP contribution in [0.2, 0.25) is 0 Å². The van der Waals surface area contributed by atoms with Crippen molar-refractivity contribution in [3.05, 3.63) is 63.0 Å². The van der Waals surface area contributed by atoms with Gasteiger partial charge in [0, 0.05) is 5.56 Å². The highest BCUT2D eigenvalue weighted by Gasteiger charge is 2.07. The van der Waals surface area contributed by atoms with Crippen molar-refractivity contribution in [3.63, 3.8) is 0 Å². The molecule has 2 aromatic rings. The third-order valence-electron chi connectivity index (χ3n) is 2.85. The zero-order valence-electron chi connectivity index (χ0n) is 11.4. The van der Waals surface area contributed by atoms with E-state index in [2.05, 4.69) is 28.7 Å². The molecule has 0 amide bonds. The second kappa shape index (κ2) is 7.23. The van der Waals surface area contributed by atoms with Crippen molar-refractivity contribution in [2.24, 2.45) is 0 Å². The summed E-state index contributed by atoms with van der Waals surface area (Å²) in [7, 11) is 0. The summed E-state index contributed by atoms with van der Waals surface area (Å²) >= 11 is 2.18. The molecule has 0 saturated carbocycles. The minimum Gasteiger partial charge on any atom is -0.493 e. The van der Waals surface area contributed by atoms with Crippen LogP contribution in [0.1, 0.15) is 18.1 Å². The summed E-state index contributed by atoms with van der Waals surface area (Å²) in [5.74, 6) is 0.408. The molecule has 0 N–H and O–H groups in total. The maximum atomic E-state index is 13.8. The summed E-state index contributed by atoms with van der Waals surface area (Å²) in [4.78, 5) is 0. The van der Waals surface area contributed by atoms with Gasteiger partial charge in [0.05, 0.1) is 21.8 Å². The Balaban J connectivity index is 2.40. The van der Waals surface area contributed by atoms with Gasteiger partial charge in [-0.2, -0.15) is 5.26 Å². The number of allylic oxidation sites excluding steroid dienone is 1. The normalized spacial score (nSPS) is 11.0. The van der Waals surface area contributed by atoms with E-state index in [-0.39, 0.29) is 0 Å². The van der Waals surface area contributed by atoms with Crippen LogP contribution in [-0.2, 0) is 0 Å². The molecule has 2 nitrogen and oxygen atoms in total. The quantitative estimate of drug-likeness (QED) is 0.421. The first-order valence-electron chi connectivity index (χ1n) is 6.44. The van der Waals surface area contributed by atoms with Gasteiger partial charge in [0.1, 0.15) is 11.6 Å². The van der Waals surface area contributed by atoms with Crippen molar-refractivity contribution < 1.29 is 9.13 Å². The van der Waals surface area contributed by atoms with E-state index in [0.717, 1.165) is 14.9 Å². The van der Waals surface area contributed by atoms with E-state index < -0.39 is 5.82 Å². The van der Waals surface area contributed by atoms with Crippen LogP contribution in [0, 0.1) is 20.7 Å². The zero-order valence-corrected chi connectivity index (χ0v) is 13.6. The van der Waals surface area contributed by atoms with Crippen LogP contribution in [0.25, 0.3) is 11.6 Å². The fraction of sp³-hybridized carbons (Fsp3) is 0.118. The number of hydrogen-bond donors (Lipinski definition) is 0. The highest BCUT2D eigenvalue weighted by atomic mass is 127. The van der Waals surface area contributed by atoms with Gasteiger partial charge in [-0.15, -0.1) is 0 Å². The van der Waals surface area contributed by atoms with Crippen molar-refractivity contribution in [2.45, 2.75) is 6.92 Å². The van der Waals surface area contributed by atoms with Crippen molar-refractivity contribution in [2.75, 3.05) is 6.61 Å². The van der Waals surface area contributed by atoms with E-state index >= 15 is 0 Å². The fourth-order valence-electron chi connectivity index (χ4n) is 1.90. The summed E-state index contributed by atoms with van der Waals surface area (Å²) in [5.41, 5.74) is 1.44. The van der Waals surface area contributed by atoms with Crippen molar-refractivity contribution >= 4 is 34.2 Å².